The molecule has 3 N–H and O–H groups in total. The lowest BCUT2D eigenvalue weighted by molar-refractivity contribution is 0.438. The summed E-state index contributed by atoms with van der Waals surface area (Å²) in [6.45, 7) is 2.02. The van der Waals surface area contributed by atoms with Gasteiger partial charge in [-0.05, 0) is 23.6 Å². The molecule has 0 bridgehead atoms. The van der Waals surface area contributed by atoms with Gasteiger partial charge in [-0.3, -0.25) is 5.32 Å². The van der Waals surface area contributed by atoms with Crippen LogP contribution >= 0.6 is 8.38 Å². The fraction of sp³-hybridized carbons (Fsp3) is 0.143. The van der Waals surface area contributed by atoms with Crippen LogP contribution in [0.5, 0.6) is 0 Å². The van der Waals surface area contributed by atoms with Crippen molar-refractivity contribution in [2.45, 2.75) is 18.7 Å². The molecule has 0 aliphatic heterocycles. The summed E-state index contributed by atoms with van der Waals surface area (Å²) in [7, 11) is -2.17. The van der Waals surface area contributed by atoms with E-state index in [1.807, 2.05) is 91.9 Å². The summed E-state index contributed by atoms with van der Waals surface area (Å²) in [4.78, 5) is 20.1. The van der Waals surface area contributed by atoms with E-state index in [0.717, 1.165) is 22.3 Å². The van der Waals surface area contributed by atoms with Gasteiger partial charge in [-0.25, -0.2) is 0 Å². The van der Waals surface area contributed by atoms with Gasteiger partial charge in [-0.2, -0.15) is 0 Å². The molecule has 0 fully saturated rings. The van der Waals surface area contributed by atoms with Crippen molar-refractivity contribution in [3.05, 3.63) is 107 Å². The second-order valence-corrected chi connectivity index (χ2v) is 7.21. The molecular formula is C21H22NO2P. The van der Waals surface area contributed by atoms with Gasteiger partial charge in [0.1, 0.15) is 5.78 Å². The normalized spacial score (nSPS) is 12.5. The molecule has 128 valence electrons. The summed E-state index contributed by atoms with van der Waals surface area (Å²) in [6, 6.07) is 27.9. The molecule has 0 saturated heterocycles. The van der Waals surface area contributed by atoms with E-state index in [1.165, 1.54) is 0 Å². The maximum atomic E-state index is 10.0. The van der Waals surface area contributed by atoms with Gasteiger partial charge >= 0.3 is 0 Å². The van der Waals surface area contributed by atoms with E-state index in [2.05, 4.69) is 5.32 Å². The predicted octanol–water partition coefficient (Wildman–Crippen LogP) is 4.67. The third-order valence-electron chi connectivity index (χ3n) is 4.21. The highest BCUT2D eigenvalue weighted by Gasteiger charge is 2.25. The number of rotatable bonds is 6. The third-order valence-corrected chi connectivity index (χ3v) is 5.12. The molecule has 0 amide bonds. The van der Waals surface area contributed by atoms with Crippen LogP contribution in [-0.2, 0) is 0 Å². The Bertz CT molecular complexity index is 737. The van der Waals surface area contributed by atoms with Crippen LogP contribution in [0.1, 0.15) is 34.1 Å². The molecule has 3 aromatic carbocycles. The van der Waals surface area contributed by atoms with Crippen LogP contribution in [-0.4, -0.2) is 9.79 Å². The summed E-state index contributed by atoms with van der Waals surface area (Å²) >= 11 is 0. The Morgan fingerprint density at radius 1 is 0.680 bits per heavy atom. The number of benzene rings is 3. The first-order chi connectivity index (χ1) is 12.1. The summed E-state index contributed by atoms with van der Waals surface area (Å²) < 4.78 is 0. The second kappa shape index (κ2) is 8.37. The molecule has 0 spiro atoms. The Kier molecular flexibility index (Phi) is 5.95. The van der Waals surface area contributed by atoms with Crippen LogP contribution < -0.4 is 5.32 Å². The fourth-order valence-electron chi connectivity index (χ4n) is 2.88. The lowest BCUT2D eigenvalue weighted by atomic mass is 9.98. The molecule has 0 heterocycles. The van der Waals surface area contributed by atoms with E-state index < -0.39 is 14.2 Å². The van der Waals surface area contributed by atoms with Crippen LogP contribution in [0.2, 0.25) is 0 Å². The Labute approximate surface area is 149 Å². The SMILES string of the molecule is Cc1ccc(C(NC(c2ccccc2)c2ccccc2)P(O)O)cc1. The molecule has 0 aromatic heterocycles. The zero-order chi connectivity index (χ0) is 17.6. The average molecular weight is 351 g/mol. The second-order valence-electron chi connectivity index (χ2n) is 6.05. The van der Waals surface area contributed by atoms with E-state index in [1.54, 1.807) is 0 Å². The first kappa shape index (κ1) is 17.8. The summed E-state index contributed by atoms with van der Waals surface area (Å²) in [5, 5.41) is 3.45. The maximum Gasteiger partial charge on any atom is 0.188 e. The van der Waals surface area contributed by atoms with Gasteiger partial charge in [0, 0.05) is 0 Å². The molecule has 0 aliphatic carbocycles. The van der Waals surface area contributed by atoms with Gasteiger partial charge in [0.2, 0.25) is 0 Å². The Balaban J connectivity index is 1.96. The van der Waals surface area contributed by atoms with Crippen molar-refractivity contribution in [1.82, 2.24) is 5.32 Å². The van der Waals surface area contributed by atoms with Crippen molar-refractivity contribution in [3.8, 4) is 0 Å². The molecule has 1 unspecified atom stereocenters. The first-order valence-corrected chi connectivity index (χ1v) is 9.56. The highest BCUT2D eigenvalue weighted by molar-refractivity contribution is 7.45. The van der Waals surface area contributed by atoms with Gasteiger partial charge < -0.3 is 9.79 Å². The largest absolute Gasteiger partial charge is 0.349 e. The molecule has 3 aromatic rings. The van der Waals surface area contributed by atoms with Gasteiger partial charge in [0.25, 0.3) is 0 Å². The van der Waals surface area contributed by atoms with Crippen LogP contribution in [0.25, 0.3) is 0 Å². The van der Waals surface area contributed by atoms with Crippen molar-refractivity contribution in [3.63, 3.8) is 0 Å². The first-order valence-electron chi connectivity index (χ1n) is 8.24. The Morgan fingerprint density at radius 2 is 1.16 bits per heavy atom. The Morgan fingerprint density at radius 3 is 1.60 bits per heavy atom. The van der Waals surface area contributed by atoms with Gasteiger partial charge in [-0.15, -0.1) is 0 Å². The van der Waals surface area contributed by atoms with Crippen molar-refractivity contribution in [2.75, 3.05) is 0 Å². The molecular weight excluding hydrogens is 329 g/mol. The topological polar surface area (TPSA) is 52.5 Å². The summed E-state index contributed by atoms with van der Waals surface area (Å²) in [5.41, 5.74) is 4.19. The lowest BCUT2D eigenvalue weighted by Crippen LogP contribution is -2.26. The molecule has 1 atom stereocenters. The zero-order valence-corrected chi connectivity index (χ0v) is 15.0. The average Bonchev–Trinajstić information content (AvgIpc) is 2.65. The number of hydrogen-bond donors (Lipinski definition) is 3. The van der Waals surface area contributed by atoms with Crippen molar-refractivity contribution < 1.29 is 9.79 Å². The van der Waals surface area contributed by atoms with Crippen LogP contribution in [0.15, 0.2) is 84.9 Å². The highest BCUT2D eigenvalue weighted by atomic mass is 31.2. The monoisotopic (exact) mass is 351 g/mol. The molecule has 0 radical (unpaired) electrons. The molecule has 3 nitrogen and oxygen atoms in total. The van der Waals surface area contributed by atoms with Crippen LogP contribution in [0, 0.1) is 6.92 Å². The minimum absolute atomic E-state index is 0.127. The quantitative estimate of drug-likeness (QED) is 0.566. The standard InChI is InChI=1S/C21H22NO2P/c1-16-12-14-19(15-13-16)21(25(23)24)22-20(17-8-4-2-5-9-17)18-10-6-3-7-11-18/h2-15,20-24H,1H3. The molecule has 25 heavy (non-hydrogen) atoms. The number of aryl methyl sites for hydroxylation is 1. The van der Waals surface area contributed by atoms with Gasteiger partial charge in [0.05, 0.1) is 6.04 Å². The zero-order valence-electron chi connectivity index (χ0n) is 14.1. The van der Waals surface area contributed by atoms with Gasteiger partial charge in [-0.1, -0.05) is 90.5 Å². The van der Waals surface area contributed by atoms with Gasteiger partial charge in [0.15, 0.2) is 8.38 Å². The van der Waals surface area contributed by atoms with Crippen molar-refractivity contribution in [2.24, 2.45) is 0 Å². The minimum atomic E-state index is -2.17. The Hall–Kier alpha value is -2.03. The lowest BCUT2D eigenvalue weighted by Gasteiger charge is -2.27. The van der Waals surface area contributed by atoms with Crippen LogP contribution in [0.4, 0.5) is 0 Å². The van der Waals surface area contributed by atoms with E-state index in [0.29, 0.717) is 0 Å². The fourth-order valence-corrected chi connectivity index (χ4v) is 3.60. The summed E-state index contributed by atoms with van der Waals surface area (Å²) in [6.07, 6.45) is 0. The number of hydrogen-bond acceptors (Lipinski definition) is 3. The van der Waals surface area contributed by atoms with E-state index in [-0.39, 0.29) is 6.04 Å². The maximum absolute atomic E-state index is 10.0. The van der Waals surface area contributed by atoms with Crippen LogP contribution in [0.3, 0.4) is 0 Å². The highest BCUT2D eigenvalue weighted by Crippen LogP contribution is 2.44. The minimum Gasteiger partial charge on any atom is -0.349 e. The predicted molar refractivity (Wildman–Crippen MR) is 103 cm³/mol. The summed E-state index contributed by atoms with van der Waals surface area (Å²) in [5.74, 6) is -0.527. The van der Waals surface area contributed by atoms with E-state index >= 15 is 0 Å². The van der Waals surface area contributed by atoms with Crippen molar-refractivity contribution in [1.29, 1.82) is 0 Å². The molecule has 0 aliphatic rings. The smallest absolute Gasteiger partial charge is 0.188 e. The third kappa shape index (κ3) is 4.53. The number of nitrogens with one attached hydrogen (secondary N) is 1. The molecule has 3 rings (SSSR count). The van der Waals surface area contributed by atoms with Crippen molar-refractivity contribution >= 4 is 8.38 Å². The molecule has 4 heteroatoms. The van der Waals surface area contributed by atoms with E-state index in [4.69, 9.17) is 0 Å². The molecule has 0 saturated carbocycles. The van der Waals surface area contributed by atoms with E-state index in [9.17, 15) is 9.79 Å².